The number of ether oxygens (including phenoxy) is 1. The van der Waals surface area contributed by atoms with Crippen LogP contribution >= 0.6 is 0 Å². The van der Waals surface area contributed by atoms with Crippen molar-refractivity contribution >= 4 is 5.69 Å². The normalized spacial score (nSPS) is 10.5. The summed E-state index contributed by atoms with van der Waals surface area (Å²) in [6.45, 7) is 4.76. The molecule has 1 aromatic rings. The van der Waals surface area contributed by atoms with Crippen molar-refractivity contribution in [3.8, 4) is 5.75 Å². The number of aliphatic hydroxyl groups excluding tert-OH is 1. The lowest BCUT2D eigenvalue weighted by atomic mass is 10.1. The summed E-state index contributed by atoms with van der Waals surface area (Å²) >= 11 is 0. The second-order valence-corrected chi connectivity index (χ2v) is 3.75. The molecule has 2 N–H and O–H groups in total. The second kappa shape index (κ2) is 7.12. The van der Waals surface area contributed by atoms with Crippen molar-refractivity contribution in [3.63, 3.8) is 0 Å². The minimum Gasteiger partial charge on any atom is -0.491 e. The highest BCUT2D eigenvalue weighted by molar-refractivity contribution is 5.47. The van der Waals surface area contributed by atoms with Crippen LogP contribution in [0.1, 0.15) is 26.7 Å². The van der Waals surface area contributed by atoms with Crippen molar-refractivity contribution in [2.24, 2.45) is 0 Å². The molecule has 0 bridgehead atoms. The summed E-state index contributed by atoms with van der Waals surface area (Å²) in [7, 11) is 0. The second-order valence-electron chi connectivity index (χ2n) is 3.75. The predicted molar refractivity (Wildman–Crippen MR) is 67.0 cm³/mol. The number of nitrogens with one attached hydrogen (secondary N) is 1. The number of benzene rings is 1. The Hall–Kier alpha value is -1.22. The average Bonchev–Trinajstić information content (AvgIpc) is 2.35. The molecule has 0 saturated carbocycles. The molecule has 3 nitrogen and oxygen atoms in total. The van der Waals surface area contributed by atoms with E-state index in [0.29, 0.717) is 12.6 Å². The SMILES string of the molecule is CCC(CC)Nc1ccc(OCCO)cc1. The topological polar surface area (TPSA) is 41.5 Å². The lowest BCUT2D eigenvalue weighted by Crippen LogP contribution is -2.16. The van der Waals surface area contributed by atoms with Gasteiger partial charge in [0.25, 0.3) is 0 Å². The van der Waals surface area contributed by atoms with Gasteiger partial charge in [-0.3, -0.25) is 0 Å². The lowest BCUT2D eigenvalue weighted by Gasteiger charge is -2.16. The van der Waals surface area contributed by atoms with Gasteiger partial charge < -0.3 is 15.2 Å². The summed E-state index contributed by atoms with van der Waals surface area (Å²) in [6, 6.07) is 8.38. The van der Waals surface area contributed by atoms with Crippen molar-refractivity contribution in [3.05, 3.63) is 24.3 Å². The smallest absolute Gasteiger partial charge is 0.119 e. The Morgan fingerprint density at radius 2 is 1.81 bits per heavy atom. The summed E-state index contributed by atoms with van der Waals surface area (Å²) in [5.41, 5.74) is 1.12. The van der Waals surface area contributed by atoms with Gasteiger partial charge >= 0.3 is 0 Å². The summed E-state index contributed by atoms with van der Waals surface area (Å²) in [5, 5.41) is 12.1. The Morgan fingerprint density at radius 3 is 2.31 bits per heavy atom. The molecule has 1 rings (SSSR count). The summed E-state index contributed by atoms with van der Waals surface area (Å²) in [4.78, 5) is 0. The fourth-order valence-corrected chi connectivity index (χ4v) is 1.54. The molecule has 3 heteroatoms. The van der Waals surface area contributed by atoms with Crippen LogP contribution in [0.4, 0.5) is 5.69 Å². The zero-order valence-electron chi connectivity index (χ0n) is 10.1. The van der Waals surface area contributed by atoms with E-state index in [2.05, 4.69) is 19.2 Å². The Kier molecular flexibility index (Phi) is 5.72. The quantitative estimate of drug-likeness (QED) is 0.746. The van der Waals surface area contributed by atoms with E-state index in [0.717, 1.165) is 24.3 Å². The number of anilines is 1. The number of rotatable bonds is 7. The minimum absolute atomic E-state index is 0.0494. The summed E-state index contributed by atoms with van der Waals surface area (Å²) < 4.78 is 5.29. The van der Waals surface area contributed by atoms with Crippen LogP contribution < -0.4 is 10.1 Å². The van der Waals surface area contributed by atoms with Gasteiger partial charge in [-0.05, 0) is 37.1 Å². The van der Waals surface area contributed by atoms with Crippen LogP contribution in [0.25, 0.3) is 0 Å². The first-order valence-corrected chi connectivity index (χ1v) is 5.90. The van der Waals surface area contributed by atoms with Gasteiger partial charge in [0.1, 0.15) is 12.4 Å². The van der Waals surface area contributed by atoms with E-state index in [1.807, 2.05) is 24.3 Å². The Labute approximate surface area is 97.4 Å². The van der Waals surface area contributed by atoms with Gasteiger partial charge in [0.2, 0.25) is 0 Å². The highest BCUT2D eigenvalue weighted by Gasteiger charge is 2.02. The minimum atomic E-state index is 0.0494. The van der Waals surface area contributed by atoms with E-state index in [4.69, 9.17) is 9.84 Å². The van der Waals surface area contributed by atoms with Crippen molar-refractivity contribution < 1.29 is 9.84 Å². The van der Waals surface area contributed by atoms with Gasteiger partial charge in [0.15, 0.2) is 0 Å². The Balaban J connectivity index is 2.50. The first-order chi connectivity index (χ1) is 7.80. The standard InChI is InChI=1S/C13H21NO2/c1-3-11(4-2)14-12-5-7-13(8-6-12)16-10-9-15/h5-8,11,14-15H,3-4,9-10H2,1-2H3. The van der Waals surface area contributed by atoms with Crippen LogP contribution in [0, 0.1) is 0 Å². The first-order valence-electron chi connectivity index (χ1n) is 5.90. The molecule has 0 aromatic heterocycles. The van der Waals surface area contributed by atoms with Gasteiger partial charge in [-0.2, -0.15) is 0 Å². The van der Waals surface area contributed by atoms with Crippen molar-refractivity contribution in [1.82, 2.24) is 0 Å². The first kappa shape index (κ1) is 12.8. The largest absolute Gasteiger partial charge is 0.491 e. The molecular formula is C13H21NO2. The Bertz CT molecular complexity index is 280. The molecule has 0 heterocycles. The highest BCUT2D eigenvalue weighted by Crippen LogP contribution is 2.17. The maximum Gasteiger partial charge on any atom is 0.119 e. The molecule has 0 fully saturated rings. The maximum atomic E-state index is 8.63. The van der Waals surface area contributed by atoms with Crippen LogP contribution in [-0.2, 0) is 0 Å². The molecule has 0 aliphatic rings. The lowest BCUT2D eigenvalue weighted by molar-refractivity contribution is 0.201. The third-order valence-corrected chi connectivity index (χ3v) is 2.57. The Morgan fingerprint density at radius 1 is 1.19 bits per heavy atom. The van der Waals surface area contributed by atoms with Crippen LogP contribution in [0.2, 0.25) is 0 Å². The number of hydrogen-bond acceptors (Lipinski definition) is 3. The zero-order chi connectivity index (χ0) is 11.8. The van der Waals surface area contributed by atoms with E-state index >= 15 is 0 Å². The maximum absolute atomic E-state index is 8.63. The molecule has 0 spiro atoms. The molecule has 0 unspecified atom stereocenters. The van der Waals surface area contributed by atoms with E-state index < -0.39 is 0 Å². The predicted octanol–water partition coefficient (Wildman–Crippen LogP) is 2.66. The molecule has 0 atom stereocenters. The summed E-state index contributed by atoms with van der Waals surface area (Å²) in [6.07, 6.45) is 2.25. The number of aliphatic hydroxyl groups is 1. The van der Waals surface area contributed by atoms with Gasteiger partial charge in [0, 0.05) is 11.7 Å². The van der Waals surface area contributed by atoms with Crippen LogP contribution in [0.3, 0.4) is 0 Å². The van der Waals surface area contributed by atoms with Gasteiger partial charge in [0.05, 0.1) is 6.61 Å². The van der Waals surface area contributed by atoms with E-state index in [1.54, 1.807) is 0 Å². The van der Waals surface area contributed by atoms with Crippen molar-refractivity contribution in [2.75, 3.05) is 18.5 Å². The van der Waals surface area contributed by atoms with Crippen molar-refractivity contribution in [1.29, 1.82) is 0 Å². The van der Waals surface area contributed by atoms with Crippen LogP contribution in [0.5, 0.6) is 5.75 Å². The molecule has 1 aromatic carbocycles. The third kappa shape index (κ3) is 4.11. The molecule has 0 saturated heterocycles. The highest BCUT2D eigenvalue weighted by atomic mass is 16.5. The zero-order valence-corrected chi connectivity index (χ0v) is 10.1. The van der Waals surface area contributed by atoms with Gasteiger partial charge in [-0.15, -0.1) is 0 Å². The molecule has 16 heavy (non-hydrogen) atoms. The third-order valence-electron chi connectivity index (χ3n) is 2.57. The van der Waals surface area contributed by atoms with Crippen LogP contribution in [-0.4, -0.2) is 24.4 Å². The van der Waals surface area contributed by atoms with E-state index in [-0.39, 0.29) is 6.61 Å². The molecule has 90 valence electrons. The number of hydrogen-bond donors (Lipinski definition) is 2. The molecule has 0 radical (unpaired) electrons. The van der Waals surface area contributed by atoms with Gasteiger partial charge in [-0.25, -0.2) is 0 Å². The van der Waals surface area contributed by atoms with Crippen LogP contribution in [0.15, 0.2) is 24.3 Å². The molecule has 0 amide bonds. The fraction of sp³-hybridized carbons (Fsp3) is 0.538. The average molecular weight is 223 g/mol. The monoisotopic (exact) mass is 223 g/mol. The van der Waals surface area contributed by atoms with E-state index in [9.17, 15) is 0 Å². The summed E-state index contributed by atoms with van der Waals surface area (Å²) in [5.74, 6) is 0.796. The van der Waals surface area contributed by atoms with Gasteiger partial charge in [-0.1, -0.05) is 13.8 Å². The van der Waals surface area contributed by atoms with E-state index in [1.165, 1.54) is 0 Å². The fourth-order valence-electron chi connectivity index (χ4n) is 1.54. The molecule has 0 aliphatic heterocycles. The molecule has 0 aliphatic carbocycles. The van der Waals surface area contributed by atoms with Crippen molar-refractivity contribution in [2.45, 2.75) is 32.7 Å². The molecular weight excluding hydrogens is 202 g/mol.